The van der Waals surface area contributed by atoms with Crippen molar-refractivity contribution in [2.24, 2.45) is 0 Å². The van der Waals surface area contributed by atoms with Gasteiger partial charge in [-0.05, 0) is 62.8 Å². The third-order valence-electron chi connectivity index (χ3n) is 3.95. The minimum Gasteiger partial charge on any atom is -0.491 e. The van der Waals surface area contributed by atoms with Crippen molar-refractivity contribution in [1.29, 1.82) is 0 Å². The van der Waals surface area contributed by atoms with Gasteiger partial charge in [0.2, 0.25) is 5.91 Å². The summed E-state index contributed by atoms with van der Waals surface area (Å²) < 4.78 is 5.64. The van der Waals surface area contributed by atoms with Gasteiger partial charge in [-0.2, -0.15) is 0 Å². The normalized spacial score (nSPS) is 11.9. The molecule has 27 heavy (non-hydrogen) atoms. The van der Waals surface area contributed by atoms with E-state index in [2.05, 4.69) is 22.8 Å². The van der Waals surface area contributed by atoms with Crippen LogP contribution in [0.15, 0.2) is 41.8 Å². The molecule has 1 atom stereocenters. The average molecular weight is 389 g/mol. The predicted molar refractivity (Wildman–Crippen MR) is 109 cm³/mol. The van der Waals surface area contributed by atoms with Gasteiger partial charge in [0.05, 0.1) is 11.0 Å². The first kappa shape index (κ1) is 21.0. The van der Waals surface area contributed by atoms with Crippen molar-refractivity contribution in [3.05, 3.63) is 52.2 Å². The van der Waals surface area contributed by atoms with Crippen LogP contribution in [0.5, 0.6) is 5.75 Å². The highest BCUT2D eigenvalue weighted by molar-refractivity contribution is 7.12. The number of amides is 2. The lowest BCUT2D eigenvalue weighted by atomic mass is 10.1. The fourth-order valence-electron chi connectivity index (χ4n) is 2.59. The van der Waals surface area contributed by atoms with E-state index < -0.39 is 0 Å². The van der Waals surface area contributed by atoms with Gasteiger partial charge >= 0.3 is 0 Å². The summed E-state index contributed by atoms with van der Waals surface area (Å²) in [6.45, 7) is 6.35. The first-order chi connectivity index (χ1) is 12.9. The van der Waals surface area contributed by atoms with E-state index in [1.54, 1.807) is 6.07 Å². The number of aryl methyl sites for hydroxylation is 1. The molecule has 146 valence electrons. The Balaban J connectivity index is 1.63. The summed E-state index contributed by atoms with van der Waals surface area (Å²) in [6, 6.07) is 11.8. The standard InChI is InChI=1S/C21H28N2O3S/c1-15(2)26-18-10-8-17(9-11-18)7-6-16(3)23-20(24)12-13-22-21(25)19-5-4-14-27-19/h4-5,8-11,14-16H,6-7,12-13H2,1-3H3,(H,22,25)(H,23,24). The first-order valence-corrected chi connectivity index (χ1v) is 10.2. The molecule has 2 aromatic rings. The molecule has 5 nitrogen and oxygen atoms in total. The number of benzene rings is 1. The highest BCUT2D eigenvalue weighted by atomic mass is 32.1. The molecule has 1 aromatic heterocycles. The fraction of sp³-hybridized carbons (Fsp3) is 0.429. The summed E-state index contributed by atoms with van der Waals surface area (Å²) in [5.41, 5.74) is 1.22. The Morgan fingerprint density at radius 1 is 1.11 bits per heavy atom. The molecule has 2 rings (SSSR count). The van der Waals surface area contributed by atoms with Gasteiger partial charge in [-0.1, -0.05) is 18.2 Å². The minimum absolute atomic E-state index is 0.0466. The van der Waals surface area contributed by atoms with Gasteiger partial charge in [0, 0.05) is 19.0 Å². The van der Waals surface area contributed by atoms with E-state index in [1.165, 1.54) is 16.9 Å². The van der Waals surface area contributed by atoms with Crippen molar-refractivity contribution in [1.82, 2.24) is 10.6 Å². The maximum atomic E-state index is 12.0. The van der Waals surface area contributed by atoms with E-state index in [4.69, 9.17) is 4.74 Å². The lowest BCUT2D eigenvalue weighted by molar-refractivity contribution is -0.121. The van der Waals surface area contributed by atoms with E-state index >= 15 is 0 Å². The van der Waals surface area contributed by atoms with Gasteiger partial charge in [-0.3, -0.25) is 9.59 Å². The van der Waals surface area contributed by atoms with Crippen molar-refractivity contribution in [2.45, 2.75) is 52.2 Å². The van der Waals surface area contributed by atoms with Gasteiger partial charge in [-0.15, -0.1) is 11.3 Å². The number of rotatable bonds is 10. The number of carbonyl (C=O) groups excluding carboxylic acids is 2. The maximum absolute atomic E-state index is 12.0. The lowest BCUT2D eigenvalue weighted by Gasteiger charge is -2.14. The summed E-state index contributed by atoms with van der Waals surface area (Å²) in [5.74, 6) is 0.699. The zero-order chi connectivity index (χ0) is 19.6. The molecular formula is C21H28N2O3S. The summed E-state index contributed by atoms with van der Waals surface area (Å²) >= 11 is 1.39. The van der Waals surface area contributed by atoms with Crippen LogP contribution in [0.1, 0.15) is 48.8 Å². The zero-order valence-corrected chi connectivity index (χ0v) is 17.0. The van der Waals surface area contributed by atoms with Crippen LogP contribution < -0.4 is 15.4 Å². The molecule has 0 aliphatic heterocycles. The molecule has 0 aliphatic carbocycles. The Hall–Kier alpha value is -2.34. The molecule has 6 heteroatoms. The van der Waals surface area contributed by atoms with Gasteiger partial charge in [0.1, 0.15) is 5.75 Å². The molecule has 0 saturated carbocycles. The third kappa shape index (κ3) is 7.83. The lowest BCUT2D eigenvalue weighted by Crippen LogP contribution is -2.35. The number of hydrogen-bond acceptors (Lipinski definition) is 4. The first-order valence-electron chi connectivity index (χ1n) is 9.30. The SMILES string of the molecule is CC(CCc1ccc(OC(C)C)cc1)NC(=O)CCNC(=O)c1cccs1. The van der Waals surface area contributed by atoms with Gasteiger partial charge in [-0.25, -0.2) is 0 Å². The maximum Gasteiger partial charge on any atom is 0.261 e. The van der Waals surface area contributed by atoms with Gasteiger partial charge in [0.15, 0.2) is 0 Å². The number of nitrogens with one attached hydrogen (secondary N) is 2. The second kappa shape index (κ2) is 10.7. The molecule has 1 heterocycles. The van der Waals surface area contributed by atoms with Crippen LogP contribution in [0.4, 0.5) is 0 Å². The van der Waals surface area contributed by atoms with Crippen LogP contribution in [-0.4, -0.2) is 30.5 Å². The molecule has 2 N–H and O–H groups in total. The summed E-state index contributed by atoms with van der Waals surface area (Å²) in [5, 5.41) is 7.60. The van der Waals surface area contributed by atoms with Crippen LogP contribution in [0.3, 0.4) is 0 Å². The monoisotopic (exact) mass is 388 g/mol. The Labute approximate surface area is 165 Å². The van der Waals surface area contributed by atoms with E-state index in [-0.39, 0.29) is 30.4 Å². The molecule has 0 saturated heterocycles. The van der Waals surface area contributed by atoms with Crippen LogP contribution in [0, 0.1) is 0 Å². The van der Waals surface area contributed by atoms with Crippen molar-refractivity contribution in [3.8, 4) is 5.75 Å². The Bertz CT molecular complexity index is 712. The highest BCUT2D eigenvalue weighted by Gasteiger charge is 2.10. The molecular weight excluding hydrogens is 360 g/mol. The van der Waals surface area contributed by atoms with Crippen LogP contribution in [0.25, 0.3) is 0 Å². The zero-order valence-electron chi connectivity index (χ0n) is 16.2. The Morgan fingerprint density at radius 2 is 1.85 bits per heavy atom. The number of carbonyl (C=O) groups is 2. The predicted octanol–water partition coefficient (Wildman–Crippen LogP) is 3.79. The van der Waals surface area contributed by atoms with E-state index in [1.807, 2.05) is 44.4 Å². The highest BCUT2D eigenvalue weighted by Crippen LogP contribution is 2.15. The second-order valence-electron chi connectivity index (χ2n) is 6.80. The van der Waals surface area contributed by atoms with Crippen molar-refractivity contribution in [2.75, 3.05) is 6.54 Å². The average Bonchev–Trinajstić information content (AvgIpc) is 3.15. The molecule has 0 spiro atoms. The summed E-state index contributed by atoms with van der Waals surface area (Å²) in [4.78, 5) is 24.5. The molecule has 0 bridgehead atoms. The van der Waals surface area contributed by atoms with E-state index in [9.17, 15) is 9.59 Å². The summed E-state index contributed by atoms with van der Waals surface area (Å²) in [6.07, 6.45) is 2.19. The van der Waals surface area contributed by atoms with Crippen molar-refractivity contribution in [3.63, 3.8) is 0 Å². The topological polar surface area (TPSA) is 67.4 Å². The van der Waals surface area contributed by atoms with Crippen LogP contribution >= 0.6 is 11.3 Å². The number of thiophene rings is 1. The van der Waals surface area contributed by atoms with E-state index in [0.29, 0.717) is 11.4 Å². The molecule has 2 amide bonds. The van der Waals surface area contributed by atoms with Gasteiger partial charge < -0.3 is 15.4 Å². The smallest absolute Gasteiger partial charge is 0.261 e. The van der Waals surface area contributed by atoms with Crippen LogP contribution in [0.2, 0.25) is 0 Å². The third-order valence-corrected chi connectivity index (χ3v) is 4.82. The second-order valence-corrected chi connectivity index (χ2v) is 7.75. The molecule has 0 fully saturated rings. The Morgan fingerprint density at radius 3 is 2.48 bits per heavy atom. The Kier molecular flexibility index (Phi) is 8.33. The summed E-state index contributed by atoms with van der Waals surface area (Å²) in [7, 11) is 0. The fourth-order valence-corrected chi connectivity index (χ4v) is 3.23. The quantitative estimate of drug-likeness (QED) is 0.651. The van der Waals surface area contributed by atoms with Gasteiger partial charge in [0.25, 0.3) is 5.91 Å². The molecule has 0 radical (unpaired) electrons. The van der Waals surface area contributed by atoms with Crippen molar-refractivity contribution >= 4 is 23.2 Å². The number of hydrogen-bond donors (Lipinski definition) is 2. The molecule has 1 unspecified atom stereocenters. The van der Waals surface area contributed by atoms with E-state index in [0.717, 1.165) is 18.6 Å². The number of ether oxygens (including phenoxy) is 1. The molecule has 0 aliphatic rings. The van der Waals surface area contributed by atoms with Crippen molar-refractivity contribution < 1.29 is 14.3 Å². The van der Waals surface area contributed by atoms with Crippen LogP contribution in [-0.2, 0) is 11.2 Å². The molecule has 1 aromatic carbocycles. The minimum atomic E-state index is -0.129. The largest absolute Gasteiger partial charge is 0.491 e.